The van der Waals surface area contributed by atoms with E-state index in [9.17, 15) is 4.79 Å². The lowest BCUT2D eigenvalue weighted by atomic mass is 10.0. The summed E-state index contributed by atoms with van der Waals surface area (Å²) in [5.74, 6) is 0.600. The van der Waals surface area contributed by atoms with Crippen LogP contribution in [0, 0.1) is 0 Å². The first kappa shape index (κ1) is 23.2. The van der Waals surface area contributed by atoms with E-state index in [4.69, 9.17) is 23.2 Å². The maximum Gasteiger partial charge on any atom is 0.219 e. The molecule has 0 radical (unpaired) electrons. The standard InChI is InChI=1S/C24H28Cl2N2OS/c1-17(2)20-8-4-5-9-21(20)30-22-11-10-19(23(25)24(22)26)7-6-12-27-13-15-28(16-14-27)18(3)29/h4-11,17H,12-16H2,1-3H3/b7-6+. The molecule has 1 aliphatic heterocycles. The minimum absolute atomic E-state index is 0.153. The molecular formula is C24H28Cl2N2OS. The Morgan fingerprint density at radius 3 is 2.40 bits per heavy atom. The number of nitrogens with zero attached hydrogens (tertiary/aromatic N) is 2. The number of rotatable bonds is 6. The number of carbonyl (C=O) groups is 1. The number of amides is 1. The number of hydrogen-bond acceptors (Lipinski definition) is 3. The summed E-state index contributed by atoms with van der Waals surface area (Å²) in [6.07, 6.45) is 4.14. The number of benzene rings is 2. The SMILES string of the molecule is CC(=O)N1CCN(C/C=C/c2ccc(Sc3ccccc3C(C)C)c(Cl)c2Cl)CC1. The van der Waals surface area contributed by atoms with Crippen molar-refractivity contribution in [3.8, 4) is 0 Å². The molecule has 160 valence electrons. The summed E-state index contributed by atoms with van der Waals surface area (Å²) < 4.78 is 0. The van der Waals surface area contributed by atoms with Gasteiger partial charge < -0.3 is 4.90 Å². The van der Waals surface area contributed by atoms with Gasteiger partial charge in [0.25, 0.3) is 0 Å². The lowest BCUT2D eigenvalue weighted by Crippen LogP contribution is -2.47. The largest absolute Gasteiger partial charge is 0.340 e. The number of carbonyl (C=O) groups excluding carboxylic acids is 1. The maximum absolute atomic E-state index is 11.4. The molecule has 0 spiro atoms. The van der Waals surface area contributed by atoms with E-state index in [1.807, 2.05) is 23.1 Å². The van der Waals surface area contributed by atoms with Gasteiger partial charge in [0.2, 0.25) is 5.91 Å². The first-order valence-electron chi connectivity index (χ1n) is 10.3. The molecular weight excluding hydrogens is 435 g/mol. The normalized spacial score (nSPS) is 15.3. The van der Waals surface area contributed by atoms with Gasteiger partial charge in [-0.25, -0.2) is 0 Å². The Bertz CT molecular complexity index is 921. The first-order valence-corrected chi connectivity index (χ1v) is 11.8. The Hall–Kier alpha value is -1.46. The number of piperazine rings is 1. The lowest BCUT2D eigenvalue weighted by molar-refractivity contribution is -0.130. The van der Waals surface area contributed by atoms with E-state index in [-0.39, 0.29) is 5.91 Å². The van der Waals surface area contributed by atoms with Gasteiger partial charge in [-0.1, -0.05) is 85.2 Å². The van der Waals surface area contributed by atoms with Crippen molar-refractivity contribution in [2.75, 3.05) is 32.7 Å². The Labute approximate surface area is 194 Å². The molecule has 1 saturated heterocycles. The smallest absolute Gasteiger partial charge is 0.219 e. The molecule has 2 aromatic rings. The highest BCUT2D eigenvalue weighted by Gasteiger charge is 2.17. The van der Waals surface area contributed by atoms with Gasteiger partial charge >= 0.3 is 0 Å². The van der Waals surface area contributed by atoms with Crippen molar-refractivity contribution >= 4 is 46.9 Å². The van der Waals surface area contributed by atoms with E-state index >= 15 is 0 Å². The van der Waals surface area contributed by atoms with Crippen LogP contribution >= 0.6 is 35.0 Å². The Balaban J connectivity index is 1.65. The summed E-state index contributed by atoms with van der Waals surface area (Å²) in [6.45, 7) is 10.2. The molecule has 0 bridgehead atoms. The van der Waals surface area contributed by atoms with Crippen molar-refractivity contribution < 1.29 is 4.79 Å². The predicted molar refractivity (Wildman–Crippen MR) is 129 cm³/mol. The van der Waals surface area contributed by atoms with Crippen molar-refractivity contribution in [2.24, 2.45) is 0 Å². The molecule has 0 unspecified atom stereocenters. The molecule has 0 aromatic heterocycles. The Kier molecular flexibility index (Phi) is 8.29. The van der Waals surface area contributed by atoms with Crippen molar-refractivity contribution in [1.29, 1.82) is 0 Å². The number of hydrogen-bond donors (Lipinski definition) is 0. The van der Waals surface area contributed by atoms with Gasteiger partial charge in [0, 0.05) is 49.4 Å². The number of halogens is 2. The Morgan fingerprint density at radius 2 is 1.73 bits per heavy atom. The van der Waals surface area contributed by atoms with Crippen LogP contribution in [-0.2, 0) is 4.79 Å². The van der Waals surface area contributed by atoms with Crippen LogP contribution in [0.15, 0.2) is 52.3 Å². The van der Waals surface area contributed by atoms with Crippen LogP contribution < -0.4 is 0 Å². The van der Waals surface area contributed by atoms with Crippen LogP contribution in [0.25, 0.3) is 6.08 Å². The predicted octanol–water partition coefficient (Wildman–Crippen LogP) is 6.45. The van der Waals surface area contributed by atoms with Gasteiger partial charge in [0.15, 0.2) is 0 Å². The van der Waals surface area contributed by atoms with Crippen LogP contribution in [-0.4, -0.2) is 48.4 Å². The highest BCUT2D eigenvalue weighted by molar-refractivity contribution is 7.99. The average molecular weight is 463 g/mol. The van der Waals surface area contributed by atoms with Gasteiger partial charge in [-0.05, 0) is 29.2 Å². The molecule has 0 atom stereocenters. The minimum Gasteiger partial charge on any atom is -0.340 e. The molecule has 1 amide bonds. The highest BCUT2D eigenvalue weighted by atomic mass is 35.5. The second-order valence-electron chi connectivity index (χ2n) is 7.78. The topological polar surface area (TPSA) is 23.6 Å². The zero-order valence-electron chi connectivity index (χ0n) is 17.7. The zero-order chi connectivity index (χ0) is 21.7. The van der Waals surface area contributed by atoms with Gasteiger partial charge in [0.1, 0.15) is 0 Å². The highest BCUT2D eigenvalue weighted by Crippen LogP contribution is 2.41. The summed E-state index contributed by atoms with van der Waals surface area (Å²) in [6, 6.07) is 12.5. The zero-order valence-corrected chi connectivity index (χ0v) is 20.0. The maximum atomic E-state index is 11.4. The summed E-state index contributed by atoms with van der Waals surface area (Å²) in [7, 11) is 0. The van der Waals surface area contributed by atoms with Crippen LogP contribution in [0.2, 0.25) is 10.0 Å². The molecule has 30 heavy (non-hydrogen) atoms. The first-order chi connectivity index (χ1) is 14.4. The van der Waals surface area contributed by atoms with Crippen LogP contribution in [0.3, 0.4) is 0 Å². The molecule has 3 rings (SSSR count). The third-order valence-electron chi connectivity index (χ3n) is 5.32. The molecule has 6 heteroatoms. The summed E-state index contributed by atoms with van der Waals surface area (Å²) in [4.78, 5) is 17.8. The summed E-state index contributed by atoms with van der Waals surface area (Å²) >= 11 is 14.9. The van der Waals surface area contributed by atoms with Crippen molar-refractivity contribution in [3.63, 3.8) is 0 Å². The second kappa shape index (κ2) is 10.7. The van der Waals surface area contributed by atoms with Crippen molar-refractivity contribution in [2.45, 2.75) is 36.5 Å². The van der Waals surface area contributed by atoms with Crippen molar-refractivity contribution in [1.82, 2.24) is 9.80 Å². The molecule has 3 nitrogen and oxygen atoms in total. The molecule has 0 aliphatic carbocycles. The average Bonchev–Trinajstić information content (AvgIpc) is 2.73. The quantitative estimate of drug-likeness (QED) is 0.492. The molecule has 1 heterocycles. The summed E-state index contributed by atoms with van der Waals surface area (Å²) in [5, 5.41) is 1.18. The van der Waals surface area contributed by atoms with E-state index < -0.39 is 0 Å². The van der Waals surface area contributed by atoms with Crippen LogP contribution in [0.4, 0.5) is 0 Å². The van der Waals surface area contributed by atoms with Crippen LogP contribution in [0.1, 0.15) is 37.8 Å². The van der Waals surface area contributed by atoms with Gasteiger partial charge in [-0.15, -0.1) is 0 Å². The van der Waals surface area contributed by atoms with Gasteiger partial charge in [-0.2, -0.15) is 0 Å². The molecule has 1 aliphatic rings. The Morgan fingerprint density at radius 1 is 1.03 bits per heavy atom. The second-order valence-corrected chi connectivity index (χ2v) is 9.62. The third-order valence-corrected chi connectivity index (χ3v) is 7.48. The molecule has 2 aromatic carbocycles. The van der Waals surface area contributed by atoms with E-state index in [1.165, 1.54) is 10.5 Å². The monoisotopic (exact) mass is 462 g/mol. The van der Waals surface area contributed by atoms with Crippen molar-refractivity contribution in [3.05, 3.63) is 63.6 Å². The van der Waals surface area contributed by atoms with E-state index in [1.54, 1.807) is 18.7 Å². The van der Waals surface area contributed by atoms with Crippen LogP contribution in [0.5, 0.6) is 0 Å². The fourth-order valence-corrected chi connectivity index (χ4v) is 5.20. The molecule has 0 N–H and O–H groups in total. The van der Waals surface area contributed by atoms with Gasteiger partial charge in [0.05, 0.1) is 10.0 Å². The van der Waals surface area contributed by atoms with E-state index in [0.29, 0.717) is 16.0 Å². The molecule has 0 saturated carbocycles. The fourth-order valence-electron chi connectivity index (χ4n) is 3.50. The lowest BCUT2D eigenvalue weighted by Gasteiger charge is -2.33. The third kappa shape index (κ3) is 5.82. The molecule has 1 fully saturated rings. The van der Waals surface area contributed by atoms with E-state index in [2.05, 4.69) is 49.1 Å². The van der Waals surface area contributed by atoms with Gasteiger partial charge in [-0.3, -0.25) is 9.69 Å². The minimum atomic E-state index is 0.153. The fraction of sp³-hybridized carbons (Fsp3) is 0.375. The summed E-state index contributed by atoms with van der Waals surface area (Å²) in [5.41, 5.74) is 2.23. The van der Waals surface area contributed by atoms with E-state index in [0.717, 1.165) is 43.2 Å².